The van der Waals surface area contributed by atoms with Crippen LogP contribution in [0.5, 0.6) is 11.5 Å². The van der Waals surface area contributed by atoms with E-state index in [-0.39, 0.29) is 10.6 Å². The molecule has 0 fully saturated rings. The molecule has 0 radical (unpaired) electrons. The van der Waals surface area contributed by atoms with E-state index in [1.165, 1.54) is 17.6 Å². The van der Waals surface area contributed by atoms with Crippen LogP contribution in [0.2, 0.25) is 18.1 Å². The van der Waals surface area contributed by atoms with Crippen LogP contribution in [0, 0.1) is 11.3 Å². The van der Waals surface area contributed by atoms with Gasteiger partial charge < -0.3 is 18.5 Å². The molecule has 2 heterocycles. The van der Waals surface area contributed by atoms with Crippen LogP contribution < -0.4 is 14.7 Å². The van der Waals surface area contributed by atoms with Crippen LogP contribution in [-0.4, -0.2) is 30.6 Å². The van der Waals surface area contributed by atoms with Gasteiger partial charge in [0.1, 0.15) is 23.1 Å². The molecule has 0 bridgehead atoms. The first kappa shape index (κ1) is 24.6. The molecule has 2 atom stereocenters. The van der Waals surface area contributed by atoms with Gasteiger partial charge in [-0.2, -0.15) is 5.26 Å². The van der Waals surface area contributed by atoms with E-state index in [0.29, 0.717) is 22.6 Å². The van der Waals surface area contributed by atoms with E-state index in [1.807, 2.05) is 13.8 Å². The van der Waals surface area contributed by atoms with Crippen molar-refractivity contribution in [2.75, 3.05) is 0 Å². The van der Waals surface area contributed by atoms with Crippen molar-refractivity contribution in [2.24, 2.45) is 0 Å². The fourth-order valence-electron chi connectivity index (χ4n) is 3.72. The van der Waals surface area contributed by atoms with Gasteiger partial charge in [0.2, 0.25) is 8.32 Å². The third-order valence-electron chi connectivity index (χ3n) is 6.49. The van der Waals surface area contributed by atoms with E-state index >= 15 is 0 Å². The maximum Gasteiger partial charge on any atom is 0.303 e. The zero-order valence-electron chi connectivity index (χ0n) is 20.6. The lowest BCUT2D eigenvalue weighted by Crippen LogP contribution is -2.54. The van der Waals surface area contributed by atoms with Gasteiger partial charge in [0.05, 0.1) is 11.6 Å². The number of pyridine rings is 1. The lowest BCUT2D eigenvalue weighted by atomic mass is 9.85. The van der Waals surface area contributed by atoms with E-state index < -0.39 is 32.0 Å². The smallest absolute Gasteiger partial charge is 0.303 e. The number of aromatic nitrogens is 1. The van der Waals surface area contributed by atoms with Gasteiger partial charge in [-0.05, 0) is 56.2 Å². The summed E-state index contributed by atoms with van der Waals surface area (Å²) in [6, 6.07) is 9.75. The molecule has 0 saturated heterocycles. The summed E-state index contributed by atoms with van der Waals surface area (Å²) in [4.78, 5) is 25.3. The maximum atomic E-state index is 13.3. The summed E-state index contributed by atoms with van der Waals surface area (Å²) in [6.07, 6.45) is 0.872. The first-order valence-electron chi connectivity index (χ1n) is 11.0. The molecule has 8 heteroatoms. The first-order valence-corrected chi connectivity index (χ1v) is 13.9. The Morgan fingerprint density at radius 2 is 1.88 bits per heavy atom. The highest BCUT2D eigenvalue weighted by atomic mass is 28.4. The van der Waals surface area contributed by atoms with E-state index in [2.05, 4.69) is 39.9 Å². The van der Waals surface area contributed by atoms with Crippen molar-refractivity contribution < 1.29 is 18.7 Å². The second kappa shape index (κ2) is 8.38. The fourth-order valence-corrected chi connectivity index (χ4v) is 4.74. The van der Waals surface area contributed by atoms with Crippen molar-refractivity contribution in [2.45, 2.75) is 77.4 Å². The van der Waals surface area contributed by atoms with E-state index in [1.54, 1.807) is 30.5 Å². The second-order valence-electron chi connectivity index (χ2n) is 10.5. The number of hydrogen-bond donors (Lipinski definition) is 0. The quantitative estimate of drug-likeness (QED) is 0.473. The summed E-state index contributed by atoms with van der Waals surface area (Å²) in [5, 5.41) is 9.40. The summed E-state index contributed by atoms with van der Waals surface area (Å²) >= 11 is 0. The molecule has 0 amide bonds. The van der Waals surface area contributed by atoms with Crippen molar-refractivity contribution in [1.82, 2.24) is 4.57 Å². The van der Waals surface area contributed by atoms with Gasteiger partial charge in [-0.1, -0.05) is 20.8 Å². The van der Waals surface area contributed by atoms with Crippen molar-refractivity contribution >= 4 is 14.3 Å². The van der Waals surface area contributed by atoms with Gasteiger partial charge >= 0.3 is 5.97 Å². The van der Waals surface area contributed by atoms with Crippen molar-refractivity contribution in [3.05, 3.63) is 58.0 Å². The number of nitrogens with zero attached hydrogens (tertiary/aromatic N) is 2. The third-order valence-corrected chi connectivity index (χ3v) is 10.9. The lowest BCUT2D eigenvalue weighted by molar-refractivity contribution is -0.163. The Hall–Kier alpha value is -3.05. The van der Waals surface area contributed by atoms with Crippen molar-refractivity contribution in [3.63, 3.8) is 0 Å². The average molecular weight is 469 g/mol. The van der Waals surface area contributed by atoms with Gasteiger partial charge in [-0.15, -0.1) is 0 Å². The van der Waals surface area contributed by atoms with Crippen LogP contribution in [0.3, 0.4) is 0 Å². The van der Waals surface area contributed by atoms with Crippen LogP contribution >= 0.6 is 0 Å². The van der Waals surface area contributed by atoms with Gasteiger partial charge in [-0.3, -0.25) is 9.59 Å². The summed E-state index contributed by atoms with van der Waals surface area (Å²) < 4.78 is 19.6. The molecule has 7 nitrogen and oxygen atoms in total. The molecule has 2 aromatic rings. The number of esters is 1. The second-order valence-corrected chi connectivity index (χ2v) is 15.2. The Labute approximate surface area is 196 Å². The molecule has 0 spiro atoms. The van der Waals surface area contributed by atoms with Gasteiger partial charge in [0.15, 0.2) is 6.10 Å². The number of nitriles is 1. The largest absolute Gasteiger partial charge is 0.543 e. The van der Waals surface area contributed by atoms with E-state index in [4.69, 9.17) is 13.9 Å². The summed E-state index contributed by atoms with van der Waals surface area (Å²) in [5.74, 6) is 0.581. The molecule has 1 aliphatic heterocycles. The molecule has 1 aromatic carbocycles. The highest BCUT2D eigenvalue weighted by molar-refractivity contribution is 6.74. The number of rotatable bonds is 4. The Kier molecular flexibility index (Phi) is 6.24. The number of benzene rings is 1. The summed E-state index contributed by atoms with van der Waals surface area (Å²) in [7, 11) is -2.13. The van der Waals surface area contributed by atoms with Crippen LogP contribution in [0.4, 0.5) is 0 Å². The van der Waals surface area contributed by atoms with Crippen LogP contribution in [0.25, 0.3) is 0 Å². The van der Waals surface area contributed by atoms with Gasteiger partial charge in [0.25, 0.3) is 5.56 Å². The number of fused-ring (bicyclic) bond motifs is 1. The Balaban J connectivity index is 2.15. The molecule has 1 aliphatic rings. The summed E-state index contributed by atoms with van der Waals surface area (Å²) in [6.45, 7) is 15.6. The lowest BCUT2D eigenvalue weighted by Gasteiger charge is -2.44. The van der Waals surface area contributed by atoms with E-state index in [0.717, 1.165) is 0 Å². The standard InChI is InChI=1S/C25H32N2O5Si/c1-16(28)30-23-22(19-13-17(15-26)9-10-20(19)31-25(23,5)6)27-12-11-18(14-21(27)29)32-33(7,8)24(2,3)4/h9-14,22-23H,1-8H3/t22-,23+/m0/s1. The highest BCUT2D eigenvalue weighted by Gasteiger charge is 2.47. The molecule has 0 N–H and O–H groups in total. The Morgan fingerprint density at radius 1 is 1.21 bits per heavy atom. The van der Waals surface area contributed by atoms with Crippen LogP contribution in [-0.2, 0) is 9.53 Å². The SMILES string of the molecule is CC(=O)O[C@@H]1[C@@H](n2ccc(O[Si](C)(C)C(C)(C)C)cc2=O)c2cc(C#N)ccc2OC1(C)C. The monoisotopic (exact) mass is 468 g/mol. The van der Waals surface area contributed by atoms with Crippen LogP contribution in [0.15, 0.2) is 41.3 Å². The zero-order chi connectivity index (χ0) is 24.8. The molecule has 176 valence electrons. The molecule has 1 aromatic heterocycles. The normalized spacial score (nSPS) is 19.6. The predicted octanol–water partition coefficient (Wildman–Crippen LogP) is 4.80. The average Bonchev–Trinajstić information content (AvgIpc) is 2.67. The minimum atomic E-state index is -2.13. The molecule has 33 heavy (non-hydrogen) atoms. The van der Waals surface area contributed by atoms with Crippen LogP contribution in [0.1, 0.15) is 58.7 Å². The Bertz CT molecular complexity index is 1170. The number of carbonyl (C=O) groups excluding carboxylic acids is 1. The number of ether oxygens (including phenoxy) is 2. The third kappa shape index (κ3) is 4.83. The predicted molar refractivity (Wildman–Crippen MR) is 128 cm³/mol. The van der Waals surface area contributed by atoms with Gasteiger partial charge in [-0.25, -0.2) is 0 Å². The van der Waals surface area contributed by atoms with Crippen molar-refractivity contribution in [1.29, 1.82) is 5.26 Å². The Morgan fingerprint density at radius 3 is 2.42 bits per heavy atom. The highest BCUT2D eigenvalue weighted by Crippen LogP contribution is 2.43. The van der Waals surface area contributed by atoms with Crippen molar-refractivity contribution in [3.8, 4) is 17.6 Å². The molecular formula is C25H32N2O5Si. The topological polar surface area (TPSA) is 90.5 Å². The molecule has 0 unspecified atom stereocenters. The van der Waals surface area contributed by atoms with E-state index in [9.17, 15) is 14.9 Å². The number of hydrogen-bond acceptors (Lipinski definition) is 6. The maximum absolute atomic E-state index is 13.3. The molecular weight excluding hydrogens is 436 g/mol. The summed E-state index contributed by atoms with van der Waals surface area (Å²) in [5.41, 5.74) is -0.165. The minimum absolute atomic E-state index is 0.0142. The molecule has 3 rings (SSSR count). The van der Waals surface area contributed by atoms with Gasteiger partial charge in [0, 0.05) is 24.8 Å². The number of carbonyl (C=O) groups is 1. The minimum Gasteiger partial charge on any atom is -0.543 e. The fraction of sp³-hybridized carbons (Fsp3) is 0.480. The first-order chi connectivity index (χ1) is 15.2. The zero-order valence-corrected chi connectivity index (χ0v) is 21.6. The molecule has 0 aliphatic carbocycles. The molecule has 0 saturated carbocycles.